The summed E-state index contributed by atoms with van der Waals surface area (Å²) in [7, 11) is 0. The highest BCUT2D eigenvalue weighted by Crippen LogP contribution is 2.41. The van der Waals surface area contributed by atoms with Crippen molar-refractivity contribution in [3.8, 4) is 0 Å². The molecule has 0 aliphatic heterocycles. The van der Waals surface area contributed by atoms with E-state index in [1.54, 1.807) is 23.6 Å². The monoisotopic (exact) mass is 276 g/mol. The van der Waals surface area contributed by atoms with Crippen LogP contribution in [0, 0.1) is 0 Å². The van der Waals surface area contributed by atoms with Crippen molar-refractivity contribution in [3.05, 3.63) is 35.1 Å². The van der Waals surface area contributed by atoms with E-state index in [4.69, 9.17) is 18.0 Å². The number of nitrogens with two attached hydrogens (primary N) is 1. The van der Waals surface area contributed by atoms with Gasteiger partial charge in [0.25, 0.3) is 0 Å². The Hall–Kier alpha value is -1.53. The molecule has 1 fully saturated rings. The molecule has 3 rings (SSSR count). The third kappa shape index (κ3) is 2.49. The zero-order valence-corrected chi connectivity index (χ0v) is 11.2. The van der Waals surface area contributed by atoms with E-state index in [1.165, 1.54) is 18.5 Å². The molecule has 1 saturated carbocycles. The van der Waals surface area contributed by atoms with Crippen molar-refractivity contribution >= 4 is 39.4 Å². The SMILES string of the molecule is NC(=S)c1ccc(Nc2nc(C3CC3)cs2)cn1. The van der Waals surface area contributed by atoms with E-state index >= 15 is 0 Å². The standard InChI is InChI=1S/C12H12N4S2/c13-11(17)9-4-3-8(5-14-9)15-12-16-10(6-18-12)7-1-2-7/h3-7H,1-2H2,(H2,13,17)(H,15,16). The Kier molecular flexibility index (Phi) is 2.97. The van der Waals surface area contributed by atoms with Crippen LogP contribution in [0.3, 0.4) is 0 Å². The number of pyridine rings is 1. The Morgan fingerprint density at radius 1 is 1.44 bits per heavy atom. The van der Waals surface area contributed by atoms with Gasteiger partial charge >= 0.3 is 0 Å². The van der Waals surface area contributed by atoms with Crippen LogP contribution >= 0.6 is 23.6 Å². The van der Waals surface area contributed by atoms with Crippen molar-refractivity contribution in [1.82, 2.24) is 9.97 Å². The summed E-state index contributed by atoms with van der Waals surface area (Å²) in [6.45, 7) is 0. The van der Waals surface area contributed by atoms with Gasteiger partial charge in [-0.1, -0.05) is 12.2 Å². The highest BCUT2D eigenvalue weighted by Gasteiger charge is 2.25. The van der Waals surface area contributed by atoms with E-state index in [9.17, 15) is 0 Å². The van der Waals surface area contributed by atoms with Gasteiger partial charge in [0.15, 0.2) is 5.13 Å². The van der Waals surface area contributed by atoms with Crippen molar-refractivity contribution in [1.29, 1.82) is 0 Å². The third-order valence-corrected chi connectivity index (χ3v) is 3.77. The van der Waals surface area contributed by atoms with E-state index in [0.717, 1.165) is 10.8 Å². The Bertz CT molecular complexity index is 572. The first kappa shape index (κ1) is 11.6. The molecular weight excluding hydrogens is 264 g/mol. The molecule has 0 radical (unpaired) electrons. The van der Waals surface area contributed by atoms with Crippen LogP contribution in [0.4, 0.5) is 10.8 Å². The molecule has 6 heteroatoms. The first-order valence-corrected chi connectivity index (χ1v) is 6.99. The quantitative estimate of drug-likeness (QED) is 0.841. The number of thiazole rings is 1. The number of hydrogen-bond acceptors (Lipinski definition) is 5. The fourth-order valence-corrected chi connectivity index (χ4v) is 2.58. The number of anilines is 2. The van der Waals surface area contributed by atoms with Crippen LogP contribution in [0.1, 0.15) is 30.1 Å². The molecule has 1 aliphatic carbocycles. The minimum absolute atomic E-state index is 0.312. The molecule has 0 saturated heterocycles. The summed E-state index contributed by atoms with van der Waals surface area (Å²) in [4.78, 5) is 9.04. The number of rotatable bonds is 4. The number of aromatic nitrogens is 2. The second kappa shape index (κ2) is 4.62. The fourth-order valence-electron chi connectivity index (χ4n) is 1.65. The van der Waals surface area contributed by atoms with Gasteiger partial charge in [-0.05, 0) is 25.0 Å². The summed E-state index contributed by atoms with van der Waals surface area (Å²) in [5.41, 5.74) is 8.23. The molecule has 2 heterocycles. The summed E-state index contributed by atoms with van der Waals surface area (Å²) in [5.74, 6) is 0.687. The Labute approximate surface area is 114 Å². The van der Waals surface area contributed by atoms with Gasteiger partial charge in [0.1, 0.15) is 4.99 Å². The number of nitrogens with zero attached hydrogens (tertiary/aromatic N) is 2. The second-order valence-corrected chi connectivity index (χ2v) is 5.57. The molecule has 18 heavy (non-hydrogen) atoms. The average Bonchev–Trinajstić information content (AvgIpc) is 3.11. The van der Waals surface area contributed by atoms with Crippen LogP contribution in [-0.4, -0.2) is 15.0 Å². The zero-order valence-electron chi connectivity index (χ0n) is 9.59. The lowest BCUT2D eigenvalue weighted by atomic mass is 10.3. The molecule has 0 aromatic carbocycles. The van der Waals surface area contributed by atoms with Crippen molar-refractivity contribution < 1.29 is 0 Å². The predicted octanol–water partition coefficient (Wildman–Crippen LogP) is 2.79. The van der Waals surface area contributed by atoms with Gasteiger partial charge in [-0.15, -0.1) is 11.3 Å². The van der Waals surface area contributed by atoms with E-state index in [0.29, 0.717) is 16.6 Å². The highest BCUT2D eigenvalue weighted by atomic mass is 32.1. The second-order valence-electron chi connectivity index (χ2n) is 4.27. The Morgan fingerprint density at radius 3 is 2.89 bits per heavy atom. The molecular formula is C12H12N4S2. The Morgan fingerprint density at radius 2 is 2.28 bits per heavy atom. The number of nitrogens with one attached hydrogen (secondary N) is 1. The normalized spacial score (nSPS) is 14.4. The smallest absolute Gasteiger partial charge is 0.187 e. The molecule has 0 unspecified atom stereocenters. The van der Waals surface area contributed by atoms with Gasteiger partial charge in [-0.3, -0.25) is 4.98 Å². The van der Waals surface area contributed by atoms with Crippen LogP contribution in [0.25, 0.3) is 0 Å². The molecule has 0 bridgehead atoms. The molecule has 4 nitrogen and oxygen atoms in total. The van der Waals surface area contributed by atoms with Gasteiger partial charge < -0.3 is 11.1 Å². The van der Waals surface area contributed by atoms with Gasteiger partial charge in [0.05, 0.1) is 23.3 Å². The maximum Gasteiger partial charge on any atom is 0.187 e. The maximum atomic E-state index is 5.50. The molecule has 1 aliphatic rings. The molecule has 0 amide bonds. The van der Waals surface area contributed by atoms with E-state index < -0.39 is 0 Å². The average molecular weight is 276 g/mol. The number of hydrogen-bond donors (Lipinski definition) is 2. The summed E-state index contributed by atoms with van der Waals surface area (Å²) in [6.07, 6.45) is 4.26. The van der Waals surface area contributed by atoms with Crippen molar-refractivity contribution in [2.45, 2.75) is 18.8 Å². The van der Waals surface area contributed by atoms with Crippen LogP contribution in [-0.2, 0) is 0 Å². The lowest BCUT2D eigenvalue weighted by Gasteiger charge is -2.02. The molecule has 3 N–H and O–H groups in total. The fraction of sp³-hybridized carbons (Fsp3) is 0.250. The molecule has 2 aromatic heterocycles. The summed E-state index contributed by atoms with van der Waals surface area (Å²) >= 11 is 6.48. The zero-order chi connectivity index (χ0) is 12.5. The van der Waals surface area contributed by atoms with E-state index in [2.05, 4.69) is 20.7 Å². The van der Waals surface area contributed by atoms with E-state index in [-0.39, 0.29) is 0 Å². The van der Waals surface area contributed by atoms with Crippen molar-refractivity contribution in [2.24, 2.45) is 5.73 Å². The number of thiocarbonyl (C=S) groups is 1. The predicted molar refractivity (Wildman–Crippen MR) is 77.5 cm³/mol. The van der Waals surface area contributed by atoms with E-state index in [1.807, 2.05) is 6.07 Å². The minimum Gasteiger partial charge on any atom is -0.388 e. The maximum absolute atomic E-state index is 5.50. The molecule has 0 atom stereocenters. The van der Waals surface area contributed by atoms with Crippen LogP contribution in [0.5, 0.6) is 0 Å². The summed E-state index contributed by atoms with van der Waals surface area (Å²) < 4.78 is 0. The Balaban J connectivity index is 1.72. The van der Waals surface area contributed by atoms with Gasteiger partial charge in [-0.25, -0.2) is 4.98 Å². The summed E-state index contributed by atoms with van der Waals surface area (Å²) in [6, 6.07) is 3.71. The van der Waals surface area contributed by atoms with Crippen LogP contribution in [0.2, 0.25) is 0 Å². The van der Waals surface area contributed by atoms with Gasteiger partial charge in [-0.2, -0.15) is 0 Å². The van der Waals surface area contributed by atoms with Crippen molar-refractivity contribution in [2.75, 3.05) is 5.32 Å². The summed E-state index contributed by atoms with van der Waals surface area (Å²) in [5, 5.41) is 6.26. The molecule has 2 aromatic rings. The molecule has 0 spiro atoms. The third-order valence-electron chi connectivity index (χ3n) is 2.78. The van der Waals surface area contributed by atoms with Gasteiger partial charge in [0, 0.05) is 11.3 Å². The lowest BCUT2D eigenvalue weighted by Crippen LogP contribution is -2.11. The van der Waals surface area contributed by atoms with Crippen molar-refractivity contribution in [3.63, 3.8) is 0 Å². The molecule has 92 valence electrons. The van der Waals surface area contributed by atoms with Gasteiger partial charge in [0.2, 0.25) is 0 Å². The van der Waals surface area contributed by atoms with Crippen LogP contribution in [0.15, 0.2) is 23.7 Å². The lowest BCUT2D eigenvalue weighted by molar-refractivity contribution is 1.05. The first-order chi connectivity index (χ1) is 8.72. The first-order valence-electron chi connectivity index (χ1n) is 5.70. The minimum atomic E-state index is 0.312. The topological polar surface area (TPSA) is 63.8 Å². The largest absolute Gasteiger partial charge is 0.388 e. The van der Waals surface area contributed by atoms with Crippen LogP contribution < -0.4 is 11.1 Å². The highest BCUT2D eigenvalue weighted by molar-refractivity contribution is 7.80.